The van der Waals surface area contributed by atoms with Gasteiger partial charge < -0.3 is 5.32 Å². The highest BCUT2D eigenvalue weighted by Gasteiger charge is 2.15. The van der Waals surface area contributed by atoms with Crippen molar-refractivity contribution in [1.29, 1.82) is 0 Å². The summed E-state index contributed by atoms with van der Waals surface area (Å²) in [5.74, 6) is 1.86. The molecule has 0 unspecified atom stereocenters. The van der Waals surface area contributed by atoms with E-state index < -0.39 is 0 Å². The van der Waals surface area contributed by atoms with Gasteiger partial charge in [0.05, 0.1) is 19.1 Å². The van der Waals surface area contributed by atoms with Crippen LogP contribution in [0.1, 0.15) is 29.7 Å². The third-order valence-corrected chi connectivity index (χ3v) is 3.76. The average molecular weight is 324 g/mol. The Hall–Kier alpha value is -2.64. The van der Waals surface area contributed by atoms with Gasteiger partial charge in [-0.05, 0) is 35.2 Å². The van der Waals surface area contributed by atoms with E-state index in [0.29, 0.717) is 0 Å². The number of nitrogens with one attached hydrogen (secondary N) is 2. The molecule has 2 rings (SSSR count). The molecule has 0 aliphatic heterocycles. The van der Waals surface area contributed by atoms with E-state index >= 15 is 0 Å². The van der Waals surface area contributed by atoms with Crippen molar-refractivity contribution in [3.05, 3.63) is 71.0 Å². The molecular weight excluding hydrogens is 303 g/mol. The molecule has 2 aromatic rings. The molecule has 0 radical (unpaired) electrons. The van der Waals surface area contributed by atoms with E-state index in [4.69, 9.17) is 6.42 Å². The molecule has 0 aromatic heterocycles. The summed E-state index contributed by atoms with van der Waals surface area (Å²) in [5, 5.41) is 5.79. The minimum absolute atomic E-state index is 0.0956. The average Bonchev–Trinajstić information content (AvgIpc) is 2.60. The Morgan fingerprint density at radius 1 is 1.21 bits per heavy atom. The fourth-order valence-electron chi connectivity index (χ4n) is 2.47. The maximum absolute atomic E-state index is 13.6. The molecule has 2 N–H and O–H groups in total. The number of carbonyl (C=O) groups excluding carboxylic acids is 1. The number of hydrogen-bond donors (Lipinski definition) is 2. The minimum Gasteiger partial charge on any atom is -0.344 e. The predicted octanol–water partition coefficient (Wildman–Crippen LogP) is 2.82. The van der Waals surface area contributed by atoms with Crippen molar-refractivity contribution < 1.29 is 9.18 Å². The topological polar surface area (TPSA) is 41.1 Å². The van der Waals surface area contributed by atoms with E-state index in [9.17, 15) is 9.18 Å². The van der Waals surface area contributed by atoms with Crippen LogP contribution in [-0.4, -0.2) is 19.0 Å². The normalized spacial score (nSPS) is 11.5. The van der Waals surface area contributed by atoms with Gasteiger partial charge in [-0.2, -0.15) is 0 Å². The van der Waals surface area contributed by atoms with Gasteiger partial charge in [0.1, 0.15) is 5.82 Å². The monoisotopic (exact) mass is 324 g/mol. The van der Waals surface area contributed by atoms with Crippen LogP contribution in [0.4, 0.5) is 4.39 Å². The number of terminal acetylenes is 1. The second-order valence-corrected chi connectivity index (χ2v) is 5.44. The number of hydrogen-bond acceptors (Lipinski definition) is 2. The Morgan fingerprint density at radius 3 is 2.58 bits per heavy atom. The zero-order chi connectivity index (χ0) is 17.4. The number of rotatable bonds is 7. The summed E-state index contributed by atoms with van der Waals surface area (Å²) in [4.78, 5) is 11.8. The Morgan fingerprint density at radius 2 is 1.96 bits per heavy atom. The van der Waals surface area contributed by atoms with Gasteiger partial charge in [0, 0.05) is 0 Å². The molecule has 4 heteroatoms. The number of carbonyl (C=O) groups is 1. The van der Waals surface area contributed by atoms with Crippen molar-refractivity contribution in [3.8, 4) is 12.3 Å². The van der Waals surface area contributed by atoms with Crippen molar-refractivity contribution in [2.45, 2.75) is 19.4 Å². The lowest BCUT2D eigenvalue weighted by atomic mass is 9.97. The highest BCUT2D eigenvalue weighted by Crippen LogP contribution is 2.23. The van der Waals surface area contributed by atoms with E-state index in [-0.39, 0.29) is 30.9 Å². The fourth-order valence-corrected chi connectivity index (χ4v) is 2.47. The molecule has 24 heavy (non-hydrogen) atoms. The highest BCUT2D eigenvalue weighted by molar-refractivity contribution is 5.78. The summed E-state index contributed by atoms with van der Waals surface area (Å²) < 4.78 is 13.6. The SMILES string of the molecule is C#CCNC(=O)CN[C@@H](c1ccc(CC)cc1)c1cccc(F)c1. The minimum atomic E-state index is -0.304. The molecule has 0 fully saturated rings. The maximum atomic E-state index is 13.6. The molecule has 2 aromatic carbocycles. The first kappa shape index (κ1) is 17.7. The second kappa shape index (κ2) is 8.85. The molecule has 1 atom stereocenters. The fraction of sp³-hybridized carbons (Fsp3) is 0.250. The van der Waals surface area contributed by atoms with E-state index in [1.807, 2.05) is 30.3 Å². The van der Waals surface area contributed by atoms with Crippen molar-refractivity contribution in [1.82, 2.24) is 10.6 Å². The van der Waals surface area contributed by atoms with Crippen molar-refractivity contribution in [2.24, 2.45) is 0 Å². The van der Waals surface area contributed by atoms with Gasteiger partial charge in [0.2, 0.25) is 5.91 Å². The van der Waals surface area contributed by atoms with Crippen molar-refractivity contribution >= 4 is 5.91 Å². The quantitative estimate of drug-likeness (QED) is 0.769. The van der Waals surface area contributed by atoms with Gasteiger partial charge in [-0.3, -0.25) is 10.1 Å². The molecule has 1 amide bonds. The summed E-state index contributed by atoms with van der Waals surface area (Å²) in [6.07, 6.45) is 6.08. The van der Waals surface area contributed by atoms with E-state index in [1.54, 1.807) is 6.07 Å². The van der Waals surface area contributed by atoms with Crippen LogP contribution in [0.15, 0.2) is 48.5 Å². The number of benzene rings is 2. The van der Waals surface area contributed by atoms with Crippen LogP contribution in [0.25, 0.3) is 0 Å². The molecule has 0 spiro atoms. The third kappa shape index (κ3) is 4.94. The molecule has 0 saturated heterocycles. The van der Waals surface area contributed by atoms with Crippen LogP contribution < -0.4 is 10.6 Å². The first-order valence-electron chi connectivity index (χ1n) is 7.92. The lowest BCUT2D eigenvalue weighted by molar-refractivity contribution is -0.120. The summed E-state index contributed by atoms with van der Waals surface area (Å²) >= 11 is 0. The number of halogens is 1. The standard InChI is InChI=1S/C20H21FN2O/c1-3-12-22-19(24)14-23-20(17-6-5-7-18(21)13-17)16-10-8-15(4-2)9-11-16/h1,5-11,13,20,23H,4,12,14H2,2H3,(H,22,24)/t20-/m0/s1. The Kier molecular flexibility index (Phi) is 6.53. The van der Waals surface area contributed by atoms with Gasteiger partial charge in [0.25, 0.3) is 0 Å². The first-order valence-corrected chi connectivity index (χ1v) is 7.92. The van der Waals surface area contributed by atoms with E-state index in [0.717, 1.165) is 17.5 Å². The van der Waals surface area contributed by atoms with Gasteiger partial charge in [-0.25, -0.2) is 4.39 Å². The molecule has 0 aliphatic rings. The van der Waals surface area contributed by atoms with Crippen LogP contribution in [0, 0.1) is 18.2 Å². The smallest absolute Gasteiger partial charge is 0.234 e. The summed E-state index contributed by atoms with van der Waals surface area (Å²) in [6.45, 7) is 2.38. The van der Waals surface area contributed by atoms with Gasteiger partial charge in [-0.15, -0.1) is 6.42 Å². The summed E-state index contributed by atoms with van der Waals surface area (Å²) in [6, 6.07) is 14.2. The number of aryl methyl sites for hydroxylation is 1. The molecule has 0 aliphatic carbocycles. The van der Waals surface area contributed by atoms with Crippen LogP contribution in [-0.2, 0) is 11.2 Å². The number of amides is 1. The maximum Gasteiger partial charge on any atom is 0.234 e. The zero-order valence-electron chi connectivity index (χ0n) is 13.7. The molecular formula is C20H21FN2O. The molecule has 0 bridgehead atoms. The van der Waals surface area contributed by atoms with Gasteiger partial charge in [-0.1, -0.05) is 49.2 Å². The third-order valence-electron chi connectivity index (χ3n) is 3.76. The molecule has 0 saturated carbocycles. The Bertz CT molecular complexity index is 719. The van der Waals surface area contributed by atoms with Gasteiger partial charge in [0.15, 0.2) is 0 Å². The van der Waals surface area contributed by atoms with E-state index in [2.05, 4.69) is 23.5 Å². The Labute approximate surface area is 142 Å². The highest BCUT2D eigenvalue weighted by atomic mass is 19.1. The largest absolute Gasteiger partial charge is 0.344 e. The van der Waals surface area contributed by atoms with Crippen LogP contribution in [0.2, 0.25) is 0 Å². The zero-order valence-corrected chi connectivity index (χ0v) is 13.7. The van der Waals surface area contributed by atoms with Crippen LogP contribution >= 0.6 is 0 Å². The van der Waals surface area contributed by atoms with Crippen molar-refractivity contribution in [2.75, 3.05) is 13.1 Å². The van der Waals surface area contributed by atoms with Gasteiger partial charge >= 0.3 is 0 Å². The first-order chi connectivity index (χ1) is 11.6. The molecule has 0 heterocycles. The Balaban J connectivity index is 2.21. The summed E-state index contributed by atoms with van der Waals surface area (Å²) in [7, 11) is 0. The van der Waals surface area contributed by atoms with Crippen LogP contribution in [0.5, 0.6) is 0 Å². The summed E-state index contributed by atoms with van der Waals surface area (Å²) in [5.41, 5.74) is 2.97. The molecule has 124 valence electrons. The van der Waals surface area contributed by atoms with Crippen molar-refractivity contribution in [3.63, 3.8) is 0 Å². The lowest BCUT2D eigenvalue weighted by Gasteiger charge is -2.20. The van der Waals surface area contributed by atoms with Crippen LogP contribution in [0.3, 0.4) is 0 Å². The van der Waals surface area contributed by atoms with E-state index in [1.165, 1.54) is 17.7 Å². The lowest BCUT2D eigenvalue weighted by Crippen LogP contribution is -2.36. The predicted molar refractivity (Wildman–Crippen MR) is 93.9 cm³/mol. The molecule has 3 nitrogen and oxygen atoms in total. The second-order valence-electron chi connectivity index (χ2n) is 5.44.